The Bertz CT molecular complexity index is 747. The first-order chi connectivity index (χ1) is 10.2. The first kappa shape index (κ1) is 14.8. The van der Waals surface area contributed by atoms with Crippen molar-refractivity contribution in [2.24, 2.45) is 0 Å². The van der Waals surface area contributed by atoms with Crippen molar-refractivity contribution in [1.82, 2.24) is 14.9 Å². The lowest BCUT2D eigenvalue weighted by Crippen LogP contribution is -2.23. The van der Waals surface area contributed by atoms with Gasteiger partial charge in [-0.15, -0.1) is 11.3 Å². The van der Waals surface area contributed by atoms with E-state index in [4.69, 9.17) is 0 Å². The molecule has 3 aromatic rings. The average molecular weight is 364 g/mol. The van der Waals surface area contributed by atoms with Crippen LogP contribution in [-0.2, 0) is 6.54 Å². The molecule has 0 spiro atoms. The summed E-state index contributed by atoms with van der Waals surface area (Å²) in [4.78, 5) is 5.95. The standard InChI is InChI=1S/C16H18BrN3S/c1-11(16-13(17)7-10-21-16)18-8-9-20-12(2)19-14-5-3-4-6-15(14)20/h3-7,10-11,18H,8-9H2,1-2H3. The SMILES string of the molecule is Cc1nc2ccccc2n1CCNC(C)c1sccc1Br. The number of hydrogen-bond donors (Lipinski definition) is 1. The van der Waals surface area contributed by atoms with Crippen molar-refractivity contribution in [2.45, 2.75) is 26.4 Å². The molecule has 0 aliphatic carbocycles. The normalized spacial score (nSPS) is 12.9. The Kier molecular flexibility index (Phi) is 4.42. The van der Waals surface area contributed by atoms with Gasteiger partial charge in [-0.05, 0) is 53.4 Å². The monoisotopic (exact) mass is 363 g/mol. The summed E-state index contributed by atoms with van der Waals surface area (Å²) in [5.41, 5.74) is 2.28. The second-order valence-corrected chi connectivity index (χ2v) is 6.91. The minimum atomic E-state index is 0.356. The fourth-order valence-electron chi connectivity index (χ4n) is 2.58. The highest BCUT2D eigenvalue weighted by Gasteiger charge is 2.11. The highest BCUT2D eigenvalue weighted by molar-refractivity contribution is 9.10. The zero-order valence-electron chi connectivity index (χ0n) is 12.1. The van der Waals surface area contributed by atoms with E-state index < -0.39 is 0 Å². The molecule has 0 aliphatic rings. The number of hydrogen-bond acceptors (Lipinski definition) is 3. The van der Waals surface area contributed by atoms with Gasteiger partial charge >= 0.3 is 0 Å². The lowest BCUT2D eigenvalue weighted by Gasteiger charge is -2.14. The number of imidazole rings is 1. The van der Waals surface area contributed by atoms with Gasteiger partial charge in [-0.2, -0.15) is 0 Å². The lowest BCUT2D eigenvalue weighted by molar-refractivity contribution is 0.536. The minimum Gasteiger partial charge on any atom is -0.327 e. The molecule has 0 aliphatic heterocycles. The van der Waals surface area contributed by atoms with Crippen LogP contribution in [0.15, 0.2) is 40.2 Å². The van der Waals surface area contributed by atoms with E-state index in [1.165, 1.54) is 14.9 Å². The summed E-state index contributed by atoms with van der Waals surface area (Å²) < 4.78 is 3.47. The largest absolute Gasteiger partial charge is 0.327 e. The van der Waals surface area contributed by atoms with Gasteiger partial charge in [0.05, 0.1) is 11.0 Å². The third-order valence-corrected chi connectivity index (χ3v) is 5.72. The zero-order valence-corrected chi connectivity index (χ0v) is 14.5. The number of fused-ring (bicyclic) bond motifs is 1. The van der Waals surface area contributed by atoms with Gasteiger partial charge in [0.25, 0.3) is 0 Å². The molecule has 0 saturated carbocycles. The molecule has 0 amide bonds. The molecule has 2 heterocycles. The molecule has 0 radical (unpaired) electrons. The number of thiophene rings is 1. The van der Waals surface area contributed by atoms with E-state index >= 15 is 0 Å². The number of para-hydroxylation sites is 2. The molecule has 110 valence electrons. The van der Waals surface area contributed by atoms with Crippen LogP contribution in [0.25, 0.3) is 11.0 Å². The Morgan fingerprint density at radius 2 is 2.14 bits per heavy atom. The predicted molar refractivity (Wildman–Crippen MR) is 92.9 cm³/mol. The van der Waals surface area contributed by atoms with Gasteiger partial charge in [0.1, 0.15) is 5.82 Å². The topological polar surface area (TPSA) is 29.9 Å². The highest BCUT2D eigenvalue weighted by atomic mass is 79.9. The fourth-order valence-corrected chi connectivity index (χ4v) is 4.33. The van der Waals surface area contributed by atoms with Crippen LogP contribution in [-0.4, -0.2) is 16.1 Å². The lowest BCUT2D eigenvalue weighted by atomic mass is 10.3. The molecule has 5 heteroatoms. The highest BCUT2D eigenvalue weighted by Crippen LogP contribution is 2.28. The second kappa shape index (κ2) is 6.30. The van der Waals surface area contributed by atoms with Gasteiger partial charge in [-0.25, -0.2) is 4.98 Å². The van der Waals surface area contributed by atoms with Gasteiger partial charge < -0.3 is 9.88 Å². The summed E-state index contributed by atoms with van der Waals surface area (Å²) in [6, 6.07) is 10.8. The van der Waals surface area contributed by atoms with Gasteiger partial charge in [-0.3, -0.25) is 0 Å². The van der Waals surface area contributed by atoms with E-state index in [0.29, 0.717) is 6.04 Å². The maximum absolute atomic E-state index is 4.60. The maximum atomic E-state index is 4.60. The summed E-state index contributed by atoms with van der Waals surface area (Å²) in [7, 11) is 0. The molecule has 0 fully saturated rings. The number of aryl methyl sites for hydroxylation is 1. The Balaban J connectivity index is 1.67. The van der Waals surface area contributed by atoms with Crippen LogP contribution in [0.2, 0.25) is 0 Å². The summed E-state index contributed by atoms with van der Waals surface area (Å²) >= 11 is 5.38. The van der Waals surface area contributed by atoms with E-state index in [0.717, 1.165) is 24.4 Å². The molecule has 0 bridgehead atoms. The van der Waals surface area contributed by atoms with Gasteiger partial charge in [0, 0.05) is 28.5 Å². The number of nitrogens with zero attached hydrogens (tertiary/aromatic N) is 2. The van der Waals surface area contributed by atoms with Crippen molar-refractivity contribution in [3.63, 3.8) is 0 Å². The van der Waals surface area contributed by atoms with Crippen LogP contribution in [0, 0.1) is 6.92 Å². The number of aromatic nitrogens is 2. The first-order valence-electron chi connectivity index (χ1n) is 7.05. The number of benzene rings is 1. The van der Waals surface area contributed by atoms with E-state index in [1.807, 2.05) is 6.07 Å². The van der Waals surface area contributed by atoms with Crippen LogP contribution in [0.5, 0.6) is 0 Å². The zero-order chi connectivity index (χ0) is 14.8. The Hall–Kier alpha value is -1.17. The molecule has 0 saturated heterocycles. The maximum Gasteiger partial charge on any atom is 0.106 e. The molecule has 1 N–H and O–H groups in total. The molecular weight excluding hydrogens is 346 g/mol. The van der Waals surface area contributed by atoms with Crippen LogP contribution in [0.3, 0.4) is 0 Å². The van der Waals surface area contributed by atoms with Crippen LogP contribution >= 0.6 is 27.3 Å². The summed E-state index contributed by atoms with van der Waals surface area (Å²) in [6.45, 7) is 6.13. The van der Waals surface area contributed by atoms with Crippen molar-refractivity contribution in [1.29, 1.82) is 0 Å². The van der Waals surface area contributed by atoms with Gasteiger partial charge in [0.2, 0.25) is 0 Å². The molecule has 1 atom stereocenters. The van der Waals surface area contributed by atoms with Crippen molar-refractivity contribution < 1.29 is 0 Å². The molecule has 2 aromatic heterocycles. The molecule has 1 aromatic carbocycles. The van der Waals surface area contributed by atoms with E-state index in [2.05, 4.69) is 74.3 Å². The van der Waals surface area contributed by atoms with Gasteiger partial charge in [0.15, 0.2) is 0 Å². The molecular formula is C16H18BrN3S. The first-order valence-corrected chi connectivity index (χ1v) is 8.72. The quantitative estimate of drug-likeness (QED) is 0.721. The number of rotatable bonds is 5. The second-order valence-electron chi connectivity index (χ2n) is 5.11. The van der Waals surface area contributed by atoms with Gasteiger partial charge in [-0.1, -0.05) is 12.1 Å². The third kappa shape index (κ3) is 3.05. The number of nitrogens with one attached hydrogen (secondary N) is 1. The predicted octanol–water partition coefficient (Wildman–Crippen LogP) is 4.52. The van der Waals surface area contributed by atoms with Crippen LogP contribution < -0.4 is 5.32 Å². The van der Waals surface area contributed by atoms with Crippen molar-refractivity contribution >= 4 is 38.3 Å². The van der Waals surface area contributed by atoms with E-state index in [9.17, 15) is 0 Å². The summed E-state index contributed by atoms with van der Waals surface area (Å²) in [5.74, 6) is 1.07. The van der Waals surface area contributed by atoms with Crippen LogP contribution in [0.4, 0.5) is 0 Å². The van der Waals surface area contributed by atoms with Crippen LogP contribution in [0.1, 0.15) is 23.7 Å². The fraction of sp³-hybridized carbons (Fsp3) is 0.312. The Morgan fingerprint density at radius 3 is 2.90 bits per heavy atom. The Labute approximate surface area is 137 Å². The number of halogens is 1. The smallest absolute Gasteiger partial charge is 0.106 e. The third-order valence-electron chi connectivity index (χ3n) is 3.67. The summed E-state index contributed by atoms with van der Waals surface area (Å²) in [5, 5.41) is 5.70. The average Bonchev–Trinajstić information content (AvgIpc) is 3.03. The molecule has 3 nitrogen and oxygen atoms in total. The van der Waals surface area contributed by atoms with Crippen molar-refractivity contribution in [3.05, 3.63) is 50.9 Å². The molecule has 21 heavy (non-hydrogen) atoms. The molecule has 3 rings (SSSR count). The van der Waals surface area contributed by atoms with Crippen molar-refractivity contribution in [3.8, 4) is 0 Å². The van der Waals surface area contributed by atoms with E-state index in [-0.39, 0.29) is 0 Å². The minimum absolute atomic E-state index is 0.356. The molecule has 1 unspecified atom stereocenters. The Morgan fingerprint density at radius 1 is 1.33 bits per heavy atom. The summed E-state index contributed by atoms with van der Waals surface area (Å²) in [6.07, 6.45) is 0. The van der Waals surface area contributed by atoms with Crippen molar-refractivity contribution in [2.75, 3.05) is 6.54 Å². The van der Waals surface area contributed by atoms with E-state index in [1.54, 1.807) is 11.3 Å².